The minimum Gasteiger partial charge on any atom is -0.499 e. The third-order valence-electron chi connectivity index (χ3n) is 2.37. The fourth-order valence-corrected chi connectivity index (χ4v) is 1.60. The van der Waals surface area contributed by atoms with Gasteiger partial charge >= 0.3 is 0 Å². The number of hydrogen-bond donors (Lipinski definition) is 1. The highest BCUT2D eigenvalue weighted by Crippen LogP contribution is 2.24. The number of anilines is 1. The normalized spacial score (nSPS) is 18.9. The van der Waals surface area contributed by atoms with E-state index in [4.69, 9.17) is 4.74 Å². The summed E-state index contributed by atoms with van der Waals surface area (Å²) < 4.78 is 5.14. The molecule has 84 valence electrons. The number of nitrogens with zero attached hydrogens (tertiary/aromatic N) is 1. The quantitative estimate of drug-likeness (QED) is 0.627. The van der Waals surface area contributed by atoms with Gasteiger partial charge in [0.15, 0.2) is 0 Å². The van der Waals surface area contributed by atoms with Crippen LogP contribution in [0.5, 0.6) is 0 Å². The Balaban J connectivity index is 2.14. The molecular weight excluding hydrogens is 208 g/mol. The summed E-state index contributed by atoms with van der Waals surface area (Å²) in [7, 11) is 0. The van der Waals surface area contributed by atoms with Gasteiger partial charge in [-0.1, -0.05) is 12.1 Å². The third kappa shape index (κ3) is 2.31. The molecule has 5 heteroatoms. The number of benzene rings is 1. The van der Waals surface area contributed by atoms with Crippen molar-refractivity contribution < 1.29 is 9.66 Å². The minimum atomic E-state index is -0.387. The molecule has 1 aliphatic heterocycles. The lowest BCUT2D eigenvalue weighted by molar-refractivity contribution is -0.384. The highest BCUT2D eigenvalue weighted by molar-refractivity contribution is 5.61. The van der Waals surface area contributed by atoms with E-state index in [0.29, 0.717) is 12.3 Å². The van der Waals surface area contributed by atoms with Crippen LogP contribution in [0.15, 0.2) is 36.6 Å². The highest BCUT2D eigenvalue weighted by Gasteiger charge is 2.17. The van der Waals surface area contributed by atoms with Gasteiger partial charge in [0, 0.05) is 6.07 Å². The summed E-state index contributed by atoms with van der Waals surface area (Å²) in [5, 5.41) is 13.9. The van der Waals surface area contributed by atoms with Crippen molar-refractivity contribution in [2.75, 3.05) is 11.9 Å². The molecule has 1 heterocycles. The molecule has 1 N–H and O–H groups in total. The summed E-state index contributed by atoms with van der Waals surface area (Å²) in [6, 6.07) is 6.71. The smallest absolute Gasteiger partial charge is 0.292 e. The van der Waals surface area contributed by atoms with Crippen LogP contribution in [0.4, 0.5) is 11.4 Å². The molecule has 16 heavy (non-hydrogen) atoms. The first-order valence-electron chi connectivity index (χ1n) is 5.04. The Morgan fingerprint density at radius 1 is 1.44 bits per heavy atom. The first kappa shape index (κ1) is 10.5. The van der Waals surface area contributed by atoms with E-state index in [1.807, 2.05) is 6.08 Å². The fourth-order valence-electron chi connectivity index (χ4n) is 1.60. The molecule has 0 fully saturated rings. The zero-order valence-corrected chi connectivity index (χ0v) is 8.63. The fraction of sp³-hybridized carbons (Fsp3) is 0.273. The van der Waals surface area contributed by atoms with E-state index in [1.54, 1.807) is 24.5 Å². The first-order valence-corrected chi connectivity index (χ1v) is 5.04. The Hall–Kier alpha value is -2.04. The van der Waals surface area contributed by atoms with Crippen molar-refractivity contribution in [1.29, 1.82) is 0 Å². The van der Waals surface area contributed by atoms with Crippen molar-refractivity contribution in [2.45, 2.75) is 12.5 Å². The molecule has 0 saturated carbocycles. The second-order valence-electron chi connectivity index (χ2n) is 3.56. The van der Waals surface area contributed by atoms with Crippen molar-refractivity contribution >= 4 is 11.4 Å². The number of rotatable bonds is 3. The molecule has 0 aromatic heterocycles. The number of ether oxygens (including phenoxy) is 1. The van der Waals surface area contributed by atoms with Gasteiger partial charge in [-0.3, -0.25) is 10.1 Å². The van der Waals surface area contributed by atoms with Gasteiger partial charge in [-0.15, -0.1) is 0 Å². The van der Waals surface area contributed by atoms with Crippen molar-refractivity contribution in [2.24, 2.45) is 0 Å². The van der Waals surface area contributed by atoms with E-state index in [9.17, 15) is 10.1 Å². The maximum absolute atomic E-state index is 10.8. The van der Waals surface area contributed by atoms with Gasteiger partial charge in [0.25, 0.3) is 5.69 Å². The van der Waals surface area contributed by atoms with E-state index in [2.05, 4.69) is 5.32 Å². The van der Waals surface area contributed by atoms with Gasteiger partial charge in [-0.25, -0.2) is 0 Å². The van der Waals surface area contributed by atoms with Gasteiger partial charge < -0.3 is 10.1 Å². The lowest BCUT2D eigenvalue weighted by Gasteiger charge is -2.20. The van der Waals surface area contributed by atoms with Crippen LogP contribution >= 0.6 is 0 Å². The number of nitro groups is 1. The maximum Gasteiger partial charge on any atom is 0.292 e. The first-order chi connectivity index (χ1) is 7.77. The minimum absolute atomic E-state index is 0.0890. The SMILES string of the molecule is O=[N+]([O-])c1ccccc1NC1CC=COC1. The second kappa shape index (κ2) is 4.65. The maximum atomic E-state index is 10.8. The van der Waals surface area contributed by atoms with Gasteiger partial charge in [-0.2, -0.15) is 0 Å². The van der Waals surface area contributed by atoms with Crippen LogP contribution in [0.3, 0.4) is 0 Å². The topological polar surface area (TPSA) is 64.4 Å². The van der Waals surface area contributed by atoms with Crippen LogP contribution in [0.25, 0.3) is 0 Å². The summed E-state index contributed by atoms with van der Waals surface area (Å²) >= 11 is 0. The number of para-hydroxylation sites is 2. The molecule has 5 nitrogen and oxygen atoms in total. The molecule has 0 saturated heterocycles. The average molecular weight is 220 g/mol. The Kier molecular flexibility index (Phi) is 3.05. The van der Waals surface area contributed by atoms with Crippen LogP contribution < -0.4 is 5.32 Å². The Labute approximate surface area is 92.9 Å². The summed E-state index contributed by atoms with van der Waals surface area (Å²) in [5.74, 6) is 0. The molecule has 0 bridgehead atoms. The van der Waals surface area contributed by atoms with Gasteiger partial charge in [0.2, 0.25) is 0 Å². The zero-order valence-electron chi connectivity index (χ0n) is 8.63. The highest BCUT2D eigenvalue weighted by atomic mass is 16.6. The van der Waals surface area contributed by atoms with E-state index < -0.39 is 0 Å². The van der Waals surface area contributed by atoms with Crippen molar-refractivity contribution in [3.8, 4) is 0 Å². The van der Waals surface area contributed by atoms with Crippen molar-refractivity contribution in [1.82, 2.24) is 0 Å². The second-order valence-corrected chi connectivity index (χ2v) is 3.56. The molecular formula is C11H12N2O3. The molecule has 0 amide bonds. The third-order valence-corrected chi connectivity index (χ3v) is 2.37. The van der Waals surface area contributed by atoms with Gasteiger partial charge in [0.1, 0.15) is 12.3 Å². The van der Waals surface area contributed by atoms with Crippen LogP contribution in [-0.4, -0.2) is 17.6 Å². The molecule has 1 unspecified atom stereocenters. The lowest BCUT2D eigenvalue weighted by atomic mass is 10.1. The monoisotopic (exact) mass is 220 g/mol. The number of nitro benzene ring substituents is 1. The molecule has 0 spiro atoms. The van der Waals surface area contributed by atoms with Crippen LogP contribution in [-0.2, 0) is 4.74 Å². The standard InChI is InChI=1S/C11H12N2O3/c14-13(15)11-6-2-1-5-10(11)12-9-4-3-7-16-8-9/h1-3,5-7,9,12H,4,8H2. The largest absolute Gasteiger partial charge is 0.499 e. The number of hydrogen-bond acceptors (Lipinski definition) is 4. The van der Waals surface area contributed by atoms with E-state index in [-0.39, 0.29) is 16.7 Å². The van der Waals surface area contributed by atoms with E-state index >= 15 is 0 Å². The molecule has 0 radical (unpaired) electrons. The molecule has 1 aromatic carbocycles. The van der Waals surface area contributed by atoms with Crippen LogP contribution in [0.2, 0.25) is 0 Å². The molecule has 0 aliphatic carbocycles. The summed E-state index contributed by atoms with van der Waals surface area (Å²) in [5.41, 5.74) is 0.633. The predicted molar refractivity (Wildman–Crippen MR) is 60.2 cm³/mol. The molecule has 1 atom stereocenters. The Bertz CT molecular complexity index is 417. The summed E-state index contributed by atoms with van der Waals surface area (Å²) in [6.45, 7) is 0.530. The van der Waals surface area contributed by atoms with Gasteiger partial charge in [0.05, 0.1) is 17.2 Å². The average Bonchev–Trinajstić information content (AvgIpc) is 2.31. The summed E-state index contributed by atoms with van der Waals surface area (Å²) in [6.07, 6.45) is 4.36. The van der Waals surface area contributed by atoms with Gasteiger partial charge in [-0.05, 0) is 18.6 Å². The van der Waals surface area contributed by atoms with Crippen LogP contribution in [0.1, 0.15) is 6.42 Å². The lowest BCUT2D eigenvalue weighted by Crippen LogP contribution is -2.26. The summed E-state index contributed by atoms with van der Waals surface area (Å²) in [4.78, 5) is 10.4. The molecule has 1 aromatic rings. The Morgan fingerprint density at radius 3 is 2.94 bits per heavy atom. The molecule has 2 rings (SSSR count). The van der Waals surface area contributed by atoms with E-state index in [1.165, 1.54) is 6.07 Å². The van der Waals surface area contributed by atoms with Crippen molar-refractivity contribution in [3.63, 3.8) is 0 Å². The van der Waals surface area contributed by atoms with E-state index in [0.717, 1.165) is 6.42 Å². The van der Waals surface area contributed by atoms with Crippen LogP contribution in [0, 0.1) is 10.1 Å². The Morgan fingerprint density at radius 2 is 2.25 bits per heavy atom. The zero-order chi connectivity index (χ0) is 11.4. The number of nitrogens with one attached hydrogen (secondary N) is 1. The molecule has 1 aliphatic rings. The van der Waals surface area contributed by atoms with Crippen molar-refractivity contribution in [3.05, 3.63) is 46.7 Å². The predicted octanol–water partition coefficient (Wildman–Crippen LogP) is 2.31.